The van der Waals surface area contributed by atoms with Crippen molar-refractivity contribution >= 4 is 16.6 Å². The number of Topliss-reactive ketones (excluding diaryl/α,β-unsaturated/α-hetero) is 1. The Morgan fingerprint density at radius 2 is 1.74 bits per heavy atom. The number of fused-ring (bicyclic) bond motifs is 5. The van der Waals surface area contributed by atoms with E-state index in [1.54, 1.807) is 5.57 Å². The van der Waals surface area contributed by atoms with E-state index in [0.29, 0.717) is 18.1 Å². The summed E-state index contributed by atoms with van der Waals surface area (Å²) in [6, 6.07) is 11.9. The second-order valence-corrected chi connectivity index (χ2v) is 9.67. The number of rotatable bonds is 1. The summed E-state index contributed by atoms with van der Waals surface area (Å²) in [5.41, 5.74) is 5.75. The monoisotopic (exact) mass is 356 g/mol. The number of allylic oxidation sites excluding steroid dienone is 2. The van der Waals surface area contributed by atoms with Gasteiger partial charge in [0.2, 0.25) is 0 Å². The molecule has 2 aromatic rings. The van der Waals surface area contributed by atoms with E-state index in [2.05, 4.69) is 36.4 Å². The molecule has 0 aromatic heterocycles. The molecular weight excluding hydrogens is 328 g/mol. The van der Waals surface area contributed by atoms with Crippen molar-refractivity contribution in [3.05, 3.63) is 58.7 Å². The van der Waals surface area contributed by atoms with Gasteiger partial charge >= 0.3 is 0 Å². The predicted molar refractivity (Wildman–Crippen MR) is 110 cm³/mol. The van der Waals surface area contributed by atoms with Gasteiger partial charge in [0, 0.05) is 11.8 Å². The van der Waals surface area contributed by atoms with Crippen LogP contribution in [-0.4, -0.2) is 5.78 Å². The smallest absolute Gasteiger partial charge is 0.144 e. The Balaban J connectivity index is 1.38. The lowest BCUT2D eigenvalue weighted by Crippen LogP contribution is -2.42. The predicted octanol–water partition coefficient (Wildman–Crippen LogP) is 6.28. The van der Waals surface area contributed by atoms with Crippen molar-refractivity contribution in [1.82, 2.24) is 0 Å². The first-order valence-corrected chi connectivity index (χ1v) is 11.0. The largest absolute Gasteiger partial charge is 0.299 e. The Hall–Kier alpha value is -1.89. The molecule has 4 aliphatic rings. The summed E-state index contributed by atoms with van der Waals surface area (Å²) in [6.07, 6.45) is 14.2. The molecule has 2 bridgehead atoms. The maximum Gasteiger partial charge on any atom is 0.144 e. The molecule has 0 aliphatic heterocycles. The van der Waals surface area contributed by atoms with Crippen LogP contribution < -0.4 is 0 Å². The van der Waals surface area contributed by atoms with Crippen molar-refractivity contribution < 1.29 is 4.79 Å². The fourth-order valence-corrected chi connectivity index (χ4v) is 6.66. The summed E-state index contributed by atoms with van der Waals surface area (Å²) >= 11 is 0. The number of carbonyl (C=O) groups is 1. The number of hydrogen-bond acceptors (Lipinski definition) is 1. The van der Waals surface area contributed by atoms with Gasteiger partial charge in [-0.05, 0) is 77.8 Å². The Kier molecular flexibility index (Phi) is 3.46. The Morgan fingerprint density at radius 3 is 2.52 bits per heavy atom. The van der Waals surface area contributed by atoms with Gasteiger partial charge in [-0.25, -0.2) is 0 Å². The van der Waals surface area contributed by atoms with Gasteiger partial charge in [0.05, 0.1) is 0 Å². The summed E-state index contributed by atoms with van der Waals surface area (Å²) < 4.78 is 0. The number of benzene rings is 2. The van der Waals surface area contributed by atoms with Gasteiger partial charge in [-0.3, -0.25) is 4.79 Å². The van der Waals surface area contributed by atoms with E-state index in [1.807, 2.05) is 0 Å². The van der Waals surface area contributed by atoms with E-state index >= 15 is 0 Å². The third kappa shape index (κ3) is 2.40. The SMILES string of the molecule is O=C1Cc2cc3cc(C4CCCCC4)ccc3cc2CC12CC1=CCC2C1. The van der Waals surface area contributed by atoms with Gasteiger partial charge in [-0.15, -0.1) is 0 Å². The molecule has 0 saturated heterocycles. The highest BCUT2D eigenvalue weighted by Gasteiger charge is 2.53. The van der Waals surface area contributed by atoms with Gasteiger partial charge in [0.15, 0.2) is 0 Å². The van der Waals surface area contributed by atoms with Crippen LogP contribution in [0.2, 0.25) is 0 Å². The average Bonchev–Trinajstić information content (AvgIpc) is 3.30. The van der Waals surface area contributed by atoms with Crippen LogP contribution in [0.4, 0.5) is 0 Å². The molecule has 1 nitrogen and oxygen atoms in total. The zero-order valence-corrected chi connectivity index (χ0v) is 16.1. The lowest BCUT2D eigenvalue weighted by atomic mass is 9.63. The van der Waals surface area contributed by atoms with E-state index in [1.165, 1.54) is 66.0 Å². The first kappa shape index (κ1) is 16.1. The minimum Gasteiger partial charge on any atom is -0.299 e. The van der Waals surface area contributed by atoms with E-state index in [9.17, 15) is 4.79 Å². The molecule has 2 atom stereocenters. The zero-order valence-electron chi connectivity index (χ0n) is 16.1. The molecule has 1 heteroatoms. The first-order chi connectivity index (χ1) is 13.2. The molecule has 27 heavy (non-hydrogen) atoms. The highest BCUT2D eigenvalue weighted by atomic mass is 16.1. The van der Waals surface area contributed by atoms with Crippen LogP contribution in [0.1, 0.15) is 74.0 Å². The molecule has 0 amide bonds. The highest BCUT2D eigenvalue weighted by molar-refractivity contribution is 5.93. The molecule has 2 saturated carbocycles. The van der Waals surface area contributed by atoms with Gasteiger partial charge in [0.1, 0.15) is 5.78 Å². The van der Waals surface area contributed by atoms with Gasteiger partial charge in [-0.1, -0.05) is 61.2 Å². The molecule has 2 aromatic carbocycles. The standard InChI is InChI=1S/C26H28O/c27-25-14-22-13-21-11-19(18-4-2-1-3-5-18)7-8-20(21)12-23(22)16-26(25)15-17-6-9-24(26)10-17/h6-8,11-13,18,24H,1-5,9-10,14-16H2. The molecule has 0 N–H and O–H groups in total. The second kappa shape index (κ2) is 5.80. The van der Waals surface area contributed by atoms with E-state index < -0.39 is 0 Å². The van der Waals surface area contributed by atoms with Crippen molar-refractivity contribution in [1.29, 1.82) is 0 Å². The minimum absolute atomic E-state index is 0.0627. The lowest BCUT2D eigenvalue weighted by molar-refractivity contribution is -0.131. The van der Waals surface area contributed by atoms with Gasteiger partial charge in [0.25, 0.3) is 0 Å². The van der Waals surface area contributed by atoms with Crippen LogP contribution >= 0.6 is 0 Å². The number of hydrogen-bond donors (Lipinski definition) is 0. The van der Waals surface area contributed by atoms with Crippen LogP contribution in [0.15, 0.2) is 42.0 Å². The van der Waals surface area contributed by atoms with E-state index in [0.717, 1.165) is 25.2 Å². The fourth-order valence-electron chi connectivity index (χ4n) is 6.66. The summed E-state index contributed by atoms with van der Waals surface area (Å²) in [5, 5.41) is 2.71. The van der Waals surface area contributed by atoms with Crippen LogP contribution in [0, 0.1) is 11.3 Å². The van der Waals surface area contributed by atoms with Crippen LogP contribution in [-0.2, 0) is 17.6 Å². The third-order valence-corrected chi connectivity index (χ3v) is 8.20. The lowest BCUT2D eigenvalue weighted by Gasteiger charge is -2.39. The van der Waals surface area contributed by atoms with Crippen molar-refractivity contribution in [3.63, 3.8) is 0 Å². The second-order valence-electron chi connectivity index (χ2n) is 9.67. The van der Waals surface area contributed by atoms with Crippen LogP contribution in [0.5, 0.6) is 0 Å². The molecular formula is C26H28O. The minimum atomic E-state index is -0.0627. The molecule has 4 aliphatic carbocycles. The van der Waals surface area contributed by atoms with Crippen molar-refractivity contribution in [2.45, 2.75) is 70.1 Å². The summed E-state index contributed by atoms with van der Waals surface area (Å²) in [5.74, 6) is 1.84. The maximum absolute atomic E-state index is 13.2. The quantitative estimate of drug-likeness (QED) is 0.549. The number of ketones is 1. The molecule has 0 radical (unpaired) electrons. The van der Waals surface area contributed by atoms with Crippen molar-refractivity contribution in [3.8, 4) is 0 Å². The molecule has 2 fully saturated rings. The zero-order chi connectivity index (χ0) is 18.0. The molecule has 6 rings (SSSR count). The molecule has 138 valence electrons. The Labute approximate surface area is 161 Å². The van der Waals surface area contributed by atoms with Crippen molar-refractivity contribution in [2.75, 3.05) is 0 Å². The normalized spacial score (nSPS) is 30.1. The maximum atomic E-state index is 13.2. The first-order valence-electron chi connectivity index (χ1n) is 11.0. The van der Waals surface area contributed by atoms with Gasteiger partial charge < -0.3 is 0 Å². The summed E-state index contributed by atoms with van der Waals surface area (Å²) in [7, 11) is 0. The van der Waals surface area contributed by atoms with E-state index in [-0.39, 0.29) is 5.41 Å². The van der Waals surface area contributed by atoms with Crippen LogP contribution in [0.3, 0.4) is 0 Å². The molecule has 0 heterocycles. The van der Waals surface area contributed by atoms with Crippen molar-refractivity contribution in [2.24, 2.45) is 11.3 Å². The molecule has 2 unspecified atom stereocenters. The Bertz CT molecular complexity index is 975. The molecule has 1 spiro atoms. The van der Waals surface area contributed by atoms with Gasteiger partial charge in [-0.2, -0.15) is 0 Å². The topological polar surface area (TPSA) is 17.1 Å². The average molecular weight is 357 g/mol. The van der Waals surface area contributed by atoms with Crippen LogP contribution in [0.25, 0.3) is 10.8 Å². The van der Waals surface area contributed by atoms with E-state index in [4.69, 9.17) is 0 Å². The summed E-state index contributed by atoms with van der Waals surface area (Å²) in [4.78, 5) is 13.2. The summed E-state index contributed by atoms with van der Waals surface area (Å²) in [6.45, 7) is 0. The number of carbonyl (C=O) groups excluding carboxylic acids is 1. The Morgan fingerprint density at radius 1 is 0.889 bits per heavy atom. The fraction of sp³-hybridized carbons (Fsp3) is 0.500. The third-order valence-electron chi connectivity index (χ3n) is 8.20. The highest BCUT2D eigenvalue weighted by Crippen LogP contribution is 2.57.